The Balaban J connectivity index is 1.69. The molecule has 2 heterocycles. The first kappa shape index (κ1) is 11.8. The number of hydrogen-bond donors (Lipinski definition) is 1. The molecular formula is C12H21N3O. The summed E-state index contributed by atoms with van der Waals surface area (Å²) < 4.78 is 5.83. The lowest BCUT2D eigenvalue weighted by atomic mass is 10.2. The monoisotopic (exact) mass is 223 g/mol. The molecule has 2 saturated heterocycles. The van der Waals surface area contributed by atoms with Crippen molar-refractivity contribution in [3.05, 3.63) is 0 Å². The molecule has 0 aromatic carbocycles. The molecule has 0 aromatic heterocycles. The summed E-state index contributed by atoms with van der Waals surface area (Å²) in [4.78, 5) is 2.55. The third-order valence-electron chi connectivity index (χ3n) is 3.55. The summed E-state index contributed by atoms with van der Waals surface area (Å²) in [6.45, 7) is 6.09. The maximum atomic E-state index is 8.57. The van der Waals surface area contributed by atoms with Crippen molar-refractivity contribution >= 4 is 0 Å². The molecule has 90 valence electrons. The van der Waals surface area contributed by atoms with Gasteiger partial charge in [0.05, 0.1) is 25.2 Å². The molecule has 0 aromatic rings. The van der Waals surface area contributed by atoms with Crippen LogP contribution >= 0.6 is 0 Å². The molecule has 16 heavy (non-hydrogen) atoms. The first-order chi connectivity index (χ1) is 7.79. The predicted molar refractivity (Wildman–Crippen MR) is 62.0 cm³/mol. The molecule has 1 N–H and O–H groups in total. The van der Waals surface area contributed by atoms with E-state index in [0.29, 0.717) is 18.6 Å². The maximum absolute atomic E-state index is 8.57. The Hall–Kier alpha value is -0.630. The van der Waals surface area contributed by atoms with E-state index in [9.17, 15) is 0 Å². The summed E-state index contributed by atoms with van der Waals surface area (Å²) in [6, 6.07) is 3.12. The molecule has 0 spiro atoms. The molecule has 0 saturated carbocycles. The minimum Gasteiger partial charge on any atom is -0.374 e. The number of ether oxygens (including phenoxy) is 1. The van der Waals surface area contributed by atoms with Crippen molar-refractivity contribution in [1.29, 1.82) is 5.26 Å². The Kier molecular flexibility index (Phi) is 4.16. The second kappa shape index (κ2) is 5.62. The Morgan fingerprint density at radius 1 is 1.62 bits per heavy atom. The summed E-state index contributed by atoms with van der Waals surface area (Å²) in [5.41, 5.74) is 0. The molecule has 0 amide bonds. The zero-order chi connectivity index (χ0) is 11.4. The van der Waals surface area contributed by atoms with Crippen molar-refractivity contribution in [2.24, 2.45) is 0 Å². The molecule has 2 fully saturated rings. The number of nitrogens with one attached hydrogen (secondary N) is 1. The number of hydrogen-bond acceptors (Lipinski definition) is 4. The van der Waals surface area contributed by atoms with Crippen LogP contribution in [0.4, 0.5) is 0 Å². The number of morpholine rings is 1. The average molecular weight is 223 g/mol. The number of fused-ring (bicyclic) bond motifs is 1. The van der Waals surface area contributed by atoms with E-state index in [1.165, 1.54) is 19.4 Å². The quantitative estimate of drug-likeness (QED) is 0.763. The summed E-state index contributed by atoms with van der Waals surface area (Å²) >= 11 is 0. The van der Waals surface area contributed by atoms with E-state index in [2.05, 4.69) is 16.3 Å². The van der Waals surface area contributed by atoms with Gasteiger partial charge in [0, 0.05) is 25.2 Å². The summed E-state index contributed by atoms with van der Waals surface area (Å²) in [5, 5.41) is 11.9. The van der Waals surface area contributed by atoms with E-state index in [4.69, 9.17) is 10.00 Å². The highest BCUT2D eigenvalue weighted by atomic mass is 16.5. The van der Waals surface area contributed by atoms with E-state index in [0.717, 1.165) is 19.7 Å². The van der Waals surface area contributed by atoms with Gasteiger partial charge in [-0.2, -0.15) is 5.26 Å². The Labute approximate surface area is 97.6 Å². The molecule has 3 atom stereocenters. The highest BCUT2D eigenvalue weighted by molar-refractivity contribution is 4.86. The molecule has 2 aliphatic rings. The summed E-state index contributed by atoms with van der Waals surface area (Å²) in [6.07, 6.45) is 3.48. The summed E-state index contributed by atoms with van der Waals surface area (Å²) in [7, 11) is 0. The summed E-state index contributed by atoms with van der Waals surface area (Å²) in [5.74, 6) is 0. The van der Waals surface area contributed by atoms with Crippen molar-refractivity contribution in [3.63, 3.8) is 0 Å². The fourth-order valence-corrected chi connectivity index (χ4v) is 2.55. The van der Waals surface area contributed by atoms with Crippen LogP contribution in [0.2, 0.25) is 0 Å². The molecule has 0 radical (unpaired) electrons. The molecule has 0 aliphatic carbocycles. The highest BCUT2D eigenvalue weighted by Gasteiger charge is 2.31. The largest absolute Gasteiger partial charge is 0.374 e. The van der Waals surface area contributed by atoms with Gasteiger partial charge in [0.25, 0.3) is 0 Å². The number of nitrogens with zero attached hydrogens (tertiary/aromatic N) is 2. The Morgan fingerprint density at radius 2 is 2.50 bits per heavy atom. The van der Waals surface area contributed by atoms with Crippen molar-refractivity contribution < 1.29 is 4.74 Å². The topological polar surface area (TPSA) is 48.3 Å². The van der Waals surface area contributed by atoms with Gasteiger partial charge in [-0.15, -0.1) is 0 Å². The van der Waals surface area contributed by atoms with E-state index in [1.54, 1.807) is 0 Å². The molecule has 2 aliphatic heterocycles. The van der Waals surface area contributed by atoms with Crippen molar-refractivity contribution in [3.8, 4) is 6.07 Å². The van der Waals surface area contributed by atoms with Crippen LogP contribution in [0.5, 0.6) is 0 Å². The van der Waals surface area contributed by atoms with E-state index in [1.807, 2.05) is 6.92 Å². The second-order valence-electron chi connectivity index (χ2n) is 4.92. The van der Waals surface area contributed by atoms with Gasteiger partial charge >= 0.3 is 0 Å². The zero-order valence-corrected chi connectivity index (χ0v) is 9.98. The maximum Gasteiger partial charge on any atom is 0.0827 e. The van der Waals surface area contributed by atoms with Gasteiger partial charge < -0.3 is 10.1 Å². The van der Waals surface area contributed by atoms with E-state index in [-0.39, 0.29) is 6.04 Å². The third kappa shape index (κ3) is 2.94. The normalized spacial score (nSPS) is 32.0. The minimum atomic E-state index is 0.268. The third-order valence-corrected chi connectivity index (χ3v) is 3.55. The van der Waals surface area contributed by atoms with Crippen molar-refractivity contribution in [2.45, 2.75) is 44.4 Å². The van der Waals surface area contributed by atoms with E-state index < -0.39 is 0 Å². The van der Waals surface area contributed by atoms with E-state index >= 15 is 0 Å². The highest BCUT2D eigenvalue weighted by Crippen LogP contribution is 2.22. The Bertz CT molecular complexity index is 263. The first-order valence-electron chi connectivity index (χ1n) is 6.25. The second-order valence-corrected chi connectivity index (χ2v) is 4.92. The predicted octanol–water partition coefficient (Wildman–Crippen LogP) is 0.741. The first-order valence-corrected chi connectivity index (χ1v) is 6.25. The van der Waals surface area contributed by atoms with Crippen LogP contribution in [-0.4, -0.2) is 49.3 Å². The van der Waals surface area contributed by atoms with Crippen LogP contribution in [0.3, 0.4) is 0 Å². The van der Waals surface area contributed by atoms with Gasteiger partial charge in [-0.05, 0) is 26.3 Å². The standard InChI is InChI=1S/C12H21N3O/c1-10(4-5-13)14-7-12-8-15-6-2-3-11(15)9-16-12/h10-12,14H,2-4,6-9H2,1H3. The van der Waals surface area contributed by atoms with Crippen LogP contribution in [0.15, 0.2) is 0 Å². The van der Waals surface area contributed by atoms with Crippen molar-refractivity contribution in [1.82, 2.24) is 10.2 Å². The molecule has 4 nitrogen and oxygen atoms in total. The van der Waals surface area contributed by atoms with Gasteiger partial charge in [0.2, 0.25) is 0 Å². The van der Waals surface area contributed by atoms with Crippen molar-refractivity contribution in [2.75, 3.05) is 26.2 Å². The molecule has 0 bridgehead atoms. The fraction of sp³-hybridized carbons (Fsp3) is 0.917. The lowest BCUT2D eigenvalue weighted by Gasteiger charge is -2.35. The molecule has 3 unspecified atom stereocenters. The molecule has 4 heteroatoms. The lowest BCUT2D eigenvalue weighted by molar-refractivity contribution is -0.0476. The lowest BCUT2D eigenvalue weighted by Crippen LogP contribution is -2.50. The van der Waals surface area contributed by atoms with Gasteiger partial charge in [-0.3, -0.25) is 4.90 Å². The minimum absolute atomic E-state index is 0.268. The van der Waals surface area contributed by atoms with Gasteiger partial charge in [0.15, 0.2) is 0 Å². The number of nitriles is 1. The fourth-order valence-electron chi connectivity index (χ4n) is 2.55. The van der Waals surface area contributed by atoms with Gasteiger partial charge in [-0.1, -0.05) is 0 Å². The van der Waals surface area contributed by atoms with Gasteiger partial charge in [0.1, 0.15) is 0 Å². The zero-order valence-electron chi connectivity index (χ0n) is 9.98. The van der Waals surface area contributed by atoms with Crippen LogP contribution in [0, 0.1) is 11.3 Å². The van der Waals surface area contributed by atoms with Crippen LogP contribution < -0.4 is 5.32 Å². The Morgan fingerprint density at radius 3 is 3.31 bits per heavy atom. The number of rotatable bonds is 4. The average Bonchev–Trinajstić information content (AvgIpc) is 2.74. The van der Waals surface area contributed by atoms with Crippen LogP contribution in [0.1, 0.15) is 26.2 Å². The smallest absolute Gasteiger partial charge is 0.0827 e. The molecule has 2 rings (SSSR count). The van der Waals surface area contributed by atoms with Crippen LogP contribution in [0.25, 0.3) is 0 Å². The van der Waals surface area contributed by atoms with Crippen LogP contribution in [-0.2, 0) is 4.74 Å². The SMILES string of the molecule is CC(CC#N)NCC1CN2CCCC2CO1. The molecular weight excluding hydrogens is 202 g/mol. The van der Waals surface area contributed by atoms with Gasteiger partial charge in [-0.25, -0.2) is 0 Å².